The fourth-order valence-electron chi connectivity index (χ4n) is 1.38. The van der Waals surface area contributed by atoms with Gasteiger partial charge in [-0.3, -0.25) is 0 Å². The largest absolute Gasteiger partial charge is 0.457 e. The average molecular weight is 210 g/mol. The normalized spacial score (nSPS) is 14.1. The molecule has 2 rings (SSSR count). The maximum absolute atomic E-state index is 5.73. The van der Waals surface area contributed by atoms with E-state index < -0.39 is 0 Å². The van der Waals surface area contributed by atoms with Gasteiger partial charge in [-0.15, -0.1) is 5.73 Å². The Bertz CT molecular complexity index is 495. The highest BCUT2D eigenvalue weighted by Gasteiger charge is 1.97. The first-order valence-electron chi connectivity index (χ1n) is 5.30. The van der Waals surface area contributed by atoms with Gasteiger partial charge in [0.15, 0.2) is 0 Å². The van der Waals surface area contributed by atoms with Crippen LogP contribution in [0.4, 0.5) is 0 Å². The third kappa shape index (κ3) is 2.75. The third-order valence-corrected chi connectivity index (χ3v) is 2.31. The Morgan fingerprint density at radius 2 is 1.75 bits per heavy atom. The van der Waals surface area contributed by atoms with Crippen molar-refractivity contribution in [3.63, 3.8) is 0 Å². The SMILES string of the molecule is CC1=C=CC=C(Oc2ccc(C)cc2)C=C1. The highest BCUT2D eigenvalue weighted by molar-refractivity contribution is 5.34. The van der Waals surface area contributed by atoms with Crippen molar-refractivity contribution in [1.29, 1.82) is 0 Å². The first-order chi connectivity index (χ1) is 7.74. The quantitative estimate of drug-likeness (QED) is 0.672. The molecular formula is C15H14O. The molecule has 0 bridgehead atoms. The lowest BCUT2D eigenvalue weighted by Gasteiger charge is -2.05. The zero-order chi connectivity index (χ0) is 11.4. The molecule has 0 spiro atoms. The molecule has 0 amide bonds. The van der Waals surface area contributed by atoms with Gasteiger partial charge >= 0.3 is 0 Å². The minimum absolute atomic E-state index is 0.827. The highest BCUT2D eigenvalue weighted by Crippen LogP contribution is 2.16. The van der Waals surface area contributed by atoms with Gasteiger partial charge in [-0.2, -0.15) is 0 Å². The van der Waals surface area contributed by atoms with Gasteiger partial charge < -0.3 is 4.74 Å². The van der Waals surface area contributed by atoms with Crippen molar-refractivity contribution in [2.75, 3.05) is 0 Å². The average Bonchev–Trinajstić information content (AvgIpc) is 2.47. The zero-order valence-corrected chi connectivity index (χ0v) is 9.53. The monoisotopic (exact) mass is 210 g/mol. The molecule has 0 saturated heterocycles. The highest BCUT2D eigenvalue weighted by atomic mass is 16.5. The lowest BCUT2D eigenvalue weighted by molar-refractivity contribution is 0.444. The van der Waals surface area contributed by atoms with Crippen LogP contribution in [0.5, 0.6) is 5.75 Å². The summed E-state index contributed by atoms with van der Waals surface area (Å²) in [4.78, 5) is 0. The molecular weight excluding hydrogens is 196 g/mol. The van der Waals surface area contributed by atoms with Gasteiger partial charge in [-0.1, -0.05) is 17.7 Å². The molecule has 0 unspecified atom stereocenters. The fourth-order valence-corrected chi connectivity index (χ4v) is 1.38. The van der Waals surface area contributed by atoms with Crippen LogP contribution in [0, 0.1) is 6.92 Å². The van der Waals surface area contributed by atoms with Crippen molar-refractivity contribution in [2.24, 2.45) is 0 Å². The van der Waals surface area contributed by atoms with Gasteiger partial charge in [0, 0.05) is 0 Å². The van der Waals surface area contributed by atoms with Crippen molar-refractivity contribution in [2.45, 2.75) is 13.8 Å². The topological polar surface area (TPSA) is 9.23 Å². The maximum Gasteiger partial charge on any atom is 0.128 e. The number of aryl methyl sites for hydroxylation is 1. The van der Waals surface area contributed by atoms with Crippen molar-refractivity contribution in [3.05, 3.63) is 71.2 Å². The summed E-state index contributed by atoms with van der Waals surface area (Å²) < 4.78 is 5.73. The Morgan fingerprint density at radius 1 is 1.00 bits per heavy atom. The second kappa shape index (κ2) is 4.69. The van der Waals surface area contributed by atoms with Gasteiger partial charge in [0.25, 0.3) is 0 Å². The van der Waals surface area contributed by atoms with Gasteiger partial charge in [-0.05, 0) is 55.9 Å². The number of rotatable bonds is 2. The van der Waals surface area contributed by atoms with Crippen LogP contribution in [0.1, 0.15) is 12.5 Å². The molecule has 0 aromatic heterocycles. The fraction of sp³-hybridized carbons (Fsp3) is 0.133. The number of benzene rings is 1. The lowest BCUT2D eigenvalue weighted by atomic mass is 10.2. The molecule has 1 heteroatoms. The van der Waals surface area contributed by atoms with Crippen LogP contribution in [-0.2, 0) is 0 Å². The predicted octanol–water partition coefficient (Wildman–Crippen LogP) is 3.93. The van der Waals surface area contributed by atoms with E-state index in [1.807, 2.05) is 55.5 Å². The maximum atomic E-state index is 5.73. The summed E-state index contributed by atoms with van der Waals surface area (Å²) in [6.07, 6.45) is 7.72. The Labute approximate surface area is 96.1 Å². The summed E-state index contributed by atoms with van der Waals surface area (Å²) >= 11 is 0. The van der Waals surface area contributed by atoms with Crippen LogP contribution in [0.25, 0.3) is 0 Å². The van der Waals surface area contributed by atoms with Crippen LogP contribution in [0.15, 0.2) is 65.6 Å². The number of allylic oxidation sites excluding steroid dienone is 4. The summed E-state index contributed by atoms with van der Waals surface area (Å²) in [7, 11) is 0. The molecule has 1 aliphatic carbocycles. The van der Waals surface area contributed by atoms with E-state index in [2.05, 4.69) is 12.7 Å². The molecule has 0 fully saturated rings. The van der Waals surface area contributed by atoms with Crippen molar-refractivity contribution < 1.29 is 4.74 Å². The van der Waals surface area contributed by atoms with Gasteiger partial charge in [0.1, 0.15) is 11.5 Å². The molecule has 0 atom stereocenters. The minimum atomic E-state index is 0.827. The standard InChI is InChI=1S/C15H14O/c1-12-4-3-5-14(9-6-12)16-15-10-7-13(2)8-11-15/h3,5-11H,1-2H3. The second-order valence-corrected chi connectivity index (χ2v) is 3.81. The lowest BCUT2D eigenvalue weighted by Crippen LogP contribution is -1.91. The Balaban J connectivity index is 2.12. The van der Waals surface area contributed by atoms with E-state index in [4.69, 9.17) is 4.74 Å². The molecule has 0 saturated carbocycles. The Kier molecular flexibility index (Phi) is 3.09. The van der Waals surface area contributed by atoms with Gasteiger partial charge in [-0.25, -0.2) is 0 Å². The van der Waals surface area contributed by atoms with Crippen molar-refractivity contribution >= 4 is 0 Å². The van der Waals surface area contributed by atoms with Crippen molar-refractivity contribution in [1.82, 2.24) is 0 Å². The summed E-state index contributed by atoms with van der Waals surface area (Å²) in [5.74, 6) is 1.68. The summed E-state index contributed by atoms with van der Waals surface area (Å²) in [5.41, 5.74) is 5.45. The zero-order valence-electron chi connectivity index (χ0n) is 9.53. The van der Waals surface area contributed by atoms with Crippen LogP contribution in [0.3, 0.4) is 0 Å². The molecule has 0 N–H and O–H groups in total. The number of ether oxygens (including phenoxy) is 1. The molecule has 80 valence electrons. The summed E-state index contributed by atoms with van der Waals surface area (Å²) in [6, 6.07) is 8.02. The molecule has 1 aromatic rings. The first-order valence-corrected chi connectivity index (χ1v) is 5.30. The van der Waals surface area contributed by atoms with Crippen molar-refractivity contribution in [3.8, 4) is 5.75 Å². The van der Waals surface area contributed by atoms with E-state index in [0.717, 1.165) is 17.1 Å². The van der Waals surface area contributed by atoms with E-state index >= 15 is 0 Å². The predicted molar refractivity (Wildman–Crippen MR) is 66.3 cm³/mol. The third-order valence-electron chi connectivity index (χ3n) is 2.31. The first kappa shape index (κ1) is 10.5. The molecule has 1 nitrogen and oxygen atoms in total. The molecule has 0 radical (unpaired) electrons. The number of hydrogen-bond acceptors (Lipinski definition) is 1. The molecule has 1 aromatic carbocycles. The second-order valence-electron chi connectivity index (χ2n) is 3.81. The van der Waals surface area contributed by atoms with Crippen LogP contribution >= 0.6 is 0 Å². The van der Waals surface area contributed by atoms with Crippen LogP contribution in [0.2, 0.25) is 0 Å². The van der Waals surface area contributed by atoms with E-state index in [9.17, 15) is 0 Å². The minimum Gasteiger partial charge on any atom is -0.457 e. The van der Waals surface area contributed by atoms with E-state index in [1.165, 1.54) is 5.56 Å². The van der Waals surface area contributed by atoms with Crippen LogP contribution in [-0.4, -0.2) is 0 Å². The van der Waals surface area contributed by atoms with E-state index in [0.29, 0.717) is 0 Å². The number of hydrogen-bond donors (Lipinski definition) is 0. The van der Waals surface area contributed by atoms with Crippen LogP contribution < -0.4 is 4.74 Å². The smallest absolute Gasteiger partial charge is 0.128 e. The van der Waals surface area contributed by atoms with Gasteiger partial charge in [0.2, 0.25) is 0 Å². The summed E-state index contributed by atoms with van der Waals surface area (Å²) in [5, 5.41) is 0. The summed E-state index contributed by atoms with van der Waals surface area (Å²) in [6.45, 7) is 4.07. The van der Waals surface area contributed by atoms with Gasteiger partial charge in [0.05, 0.1) is 0 Å². The van der Waals surface area contributed by atoms with E-state index in [1.54, 1.807) is 0 Å². The molecule has 0 aliphatic heterocycles. The van der Waals surface area contributed by atoms with E-state index in [-0.39, 0.29) is 0 Å². The molecule has 1 aliphatic rings. The Morgan fingerprint density at radius 3 is 2.50 bits per heavy atom. The molecule has 16 heavy (non-hydrogen) atoms. The Hall–Kier alpha value is -1.98. The molecule has 0 heterocycles.